The molecule has 16 heavy (non-hydrogen) atoms. The van der Waals surface area contributed by atoms with Crippen LogP contribution in [-0.2, 0) is 4.74 Å². The Morgan fingerprint density at radius 2 is 2.31 bits per heavy atom. The van der Waals surface area contributed by atoms with Gasteiger partial charge >= 0.3 is 0 Å². The first-order valence-electron chi connectivity index (χ1n) is 5.33. The molecule has 0 amide bonds. The van der Waals surface area contributed by atoms with E-state index in [0.717, 1.165) is 24.3 Å². The molecular weight excluding hydrogens is 204 g/mol. The number of ether oxygens (including phenoxy) is 2. The maximum absolute atomic E-state index is 8.67. The molecule has 0 radical (unpaired) electrons. The fourth-order valence-electron chi connectivity index (χ4n) is 1.59. The van der Waals surface area contributed by atoms with Gasteiger partial charge in [0.2, 0.25) is 0 Å². The van der Waals surface area contributed by atoms with E-state index in [1.54, 1.807) is 0 Å². The van der Waals surface area contributed by atoms with E-state index >= 15 is 0 Å². The fraction of sp³-hybridized carbons (Fsp3) is 0.385. The lowest BCUT2D eigenvalue weighted by Crippen LogP contribution is -2.16. The highest BCUT2D eigenvalue weighted by Crippen LogP contribution is 2.20. The van der Waals surface area contributed by atoms with Crippen LogP contribution in [0.4, 0.5) is 0 Å². The molecule has 2 rings (SSSR count). The van der Waals surface area contributed by atoms with Crippen molar-refractivity contribution < 1.29 is 14.6 Å². The average molecular weight is 218 g/mol. The first-order chi connectivity index (χ1) is 7.90. The minimum absolute atomic E-state index is 0.122. The van der Waals surface area contributed by atoms with Gasteiger partial charge in [0.25, 0.3) is 0 Å². The van der Waals surface area contributed by atoms with Crippen LogP contribution in [0, 0.1) is 11.8 Å². The number of hydrogen-bond donors (Lipinski definition) is 1. The van der Waals surface area contributed by atoms with E-state index in [1.807, 2.05) is 24.3 Å². The Labute approximate surface area is 95.0 Å². The summed E-state index contributed by atoms with van der Waals surface area (Å²) in [4.78, 5) is 0. The lowest BCUT2D eigenvalue weighted by Gasteiger charge is -2.12. The monoisotopic (exact) mass is 218 g/mol. The number of benzene rings is 1. The van der Waals surface area contributed by atoms with Crippen LogP contribution in [0.2, 0.25) is 0 Å². The van der Waals surface area contributed by atoms with E-state index in [0.29, 0.717) is 6.61 Å². The maximum atomic E-state index is 8.67. The molecule has 84 valence electrons. The van der Waals surface area contributed by atoms with Gasteiger partial charge in [0, 0.05) is 6.42 Å². The Morgan fingerprint density at radius 3 is 3.06 bits per heavy atom. The summed E-state index contributed by atoms with van der Waals surface area (Å²) in [6.07, 6.45) is 1.04. The molecule has 1 aromatic carbocycles. The van der Waals surface area contributed by atoms with Gasteiger partial charge in [0.1, 0.15) is 18.5 Å². The molecule has 0 bridgehead atoms. The molecule has 1 aliphatic heterocycles. The molecule has 1 N–H and O–H groups in total. The normalized spacial score (nSPS) is 18.9. The molecule has 1 unspecified atom stereocenters. The molecular formula is C13H14O3. The third-order valence-corrected chi connectivity index (χ3v) is 2.37. The van der Waals surface area contributed by atoms with Gasteiger partial charge < -0.3 is 14.6 Å². The zero-order valence-corrected chi connectivity index (χ0v) is 8.98. The average Bonchev–Trinajstić information content (AvgIpc) is 2.81. The highest BCUT2D eigenvalue weighted by Gasteiger charge is 2.17. The molecule has 1 aliphatic rings. The molecule has 0 aromatic heterocycles. The summed E-state index contributed by atoms with van der Waals surface area (Å²) in [6.45, 7) is 1.26. The van der Waals surface area contributed by atoms with Crippen molar-refractivity contribution in [3.8, 4) is 17.6 Å². The second-order valence-electron chi connectivity index (χ2n) is 3.56. The zero-order valence-electron chi connectivity index (χ0n) is 8.98. The highest BCUT2D eigenvalue weighted by molar-refractivity contribution is 5.46. The Bertz CT molecular complexity index is 397. The van der Waals surface area contributed by atoms with Crippen molar-refractivity contribution in [3.05, 3.63) is 29.8 Å². The Morgan fingerprint density at radius 1 is 1.44 bits per heavy atom. The van der Waals surface area contributed by atoms with Gasteiger partial charge in [-0.05, 0) is 12.1 Å². The largest absolute Gasteiger partial charge is 0.487 e. The number of hydrogen-bond acceptors (Lipinski definition) is 3. The quantitative estimate of drug-likeness (QED) is 0.758. The van der Waals surface area contributed by atoms with Crippen LogP contribution in [0.5, 0.6) is 5.75 Å². The van der Waals surface area contributed by atoms with Crippen molar-refractivity contribution in [1.82, 2.24) is 0 Å². The fourth-order valence-corrected chi connectivity index (χ4v) is 1.59. The molecule has 1 heterocycles. The van der Waals surface area contributed by atoms with Crippen LogP contribution in [0.25, 0.3) is 0 Å². The molecule has 1 atom stereocenters. The van der Waals surface area contributed by atoms with E-state index in [4.69, 9.17) is 14.6 Å². The van der Waals surface area contributed by atoms with E-state index in [-0.39, 0.29) is 12.7 Å². The second-order valence-corrected chi connectivity index (χ2v) is 3.56. The first-order valence-corrected chi connectivity index (χ1v) is 5.33. The van der Waals surface area contributed by atoms with Crippen LogP contribution in [0.15, 0.2) is 24.3 Å². The van der Waals surface area contributed by atoms with Gasteiger partial charge in [-0.1, -0.05) is 24.0 Å². The predicted octanol–water partition coefficient (Wildman–Crippen LogP) is 1.20. The third kappa shape index (κ3) is 2.75. The van der Waals surface area contributed by atoms with Crippen LogP contribution in [0.1, 0.15) is 12.0 Å². The van der Waals surface area contributed by atoms with Crippen LogP contribution < -0.4 is 4.74 Å². The van der Waals surface area contributed by atoms with Gasteiger partial charge in [0.15, 0.2) is 0 Å². The minimum atomic E-state index is -0.138. The van der Waals surface area contributed by atoms with E-state index in [1.165, 1.54) is 0 Å². The highest BCUT2D eigenvalue weighted by atomic mass is 16.5. The molecule has 0 saturated carbocycles. The van der Waals surface area contributed by atoms with Crippen molar-refractivity contribution in [1.29, 1.82) is 0 Å². The standard InChI is InChI=1S/C13H14O3/c14-8-3-5-11-4-1-2-6-13(11)16-12-7-9-15-10-12/h1-2,4,6,12,14H,7-10H2. The van der Waals surface area contributed by atoms with Crippen molar-refractivity contribution in [3.63, 3.8) is 0 Å². The van der Waals surface area contributed by atoms with Gasteiger partial charge in [-0.2, -0.15) is 0 Å². The Hall–Kier alpha value is -1.50. The Kier molecular flexibility index (Phi) is 3.81. The molecule has 1 fully saturated rings. The summed E-state index contributed by atoms with van der Waals surface area (Å²) < 4.78 is 11.0. The summed E-state index contributed by atoms with van der Waals surface area (Å²) in [5.74, 6) is 6.26. The topological polar surface area (TPSA) is 38.7 Å². The summed E-state index contributed by atoms with van der Waals surface area (Å²) >= 11 is 0. The van der Waals surface area contributed by atoms with Crippen molar-refractivity contribution in [2.24, 2.45) is 0 Å². The van der Waals surface area contributed by atoms with E-state index < -0.39 is 0 Å². The number of aliphatic hydroxyl groups excluding tert-OH is 1. The summed E-state index contributed by atoms with van der Waals surface area (Å²) in [5.41, 5.74) is 0.809. The van der Waals surface area contributed by atoms with Crippen molar-refractivity contribution in [2.45, 2.75) is 12.5 Å². The van der Waals surface area contributed by atoms with Gasteiger partial charge in [-0.3, -0.25) is 0 Å². The number of para-hydroxylation sites is 1. The third-order valence-electron chi connectivity index (χ3n) is 2.37. The molecule has 3 nitrogen and oxygen atoms in total. The molecule has 0 spiro atoms. The Balaban J connectivity index is 2.12. The first kappa shape index (κ1) is 11.0. The van der Waals surface area contributed by atoms with Crippen LogP contribution in [0.3, 0.4) is 0 Å². The predicted molar refractivity (Wildman–Crippen MR) is 60.3 cm³/mol. The zero-order chi connectivity index (χ0) is 11.2. The number of rotatable bonds is 2. The van der Waals surface area contributed by atoms with Crippen molar-refractivity contribution >= 4 is 0 Å². The smallest absolute Gasteiger partial charge is 0.135 e. The molecule has 0 aliphatic carbocycles. The maximum Gasteiger partial charge on any atom is 0.135 e. The molecule has 1 aromatic rings. The van der Waals surface area contributed by atoms with Crippen LogP contribution in [-0.4, -0.2) is 31.0 Å². The van der Waals surface area contributed by atoms with Gasteiger partial charge in [-0.15, -0.1) is 0 Å². The SMILES string of the molecule is OCC#Cc1ccccc1OC1CCOC1. The van der Waals surface area contributed by atoms with Gasteiger partial charge in [0.05, 0.1) is 18.8 Å². The minimum Gasteiger partial charge on any atom is -0.487 e. The summed E-state index contributed by atoms with van der Waals surface area (Å²) in [7, 11) is 0. The molecule has 1 saturated heterocycles. The van der Waals surface area contributed by atoms with E-state index in [2.05, 4.69) is 11.8 Å². The lowest BCUT2D eigenvalue weighted by molar-refractivity contribution is 0.141. The van der Waals surface area contributed by atoms with E-state index in [9.17, 15) is 0 Å². The van der Waals surface area contributed by atoms with Crippen molar-refractivity contribution in [2.75, 3.05) is 19.8 Å². The second kappa shape index (κ2) is 5.55. The lowest BCUT2D eigenvalue weighted by atomic mass is 10.2. The van der Waals surface area contributed by atoms with Crippen LogP contribution >= 0.6 is 0 Å². The number of aliphatic hydroxyl groups is 1. The summed E-state index contributed by atoms with van der Waals surface area (Å²) in [5, 5.41) is 8.67. The molecule has 3 heteroatoms. The van der Waals surface area contributed by atoms with Gasteiger partial charge in [-0.25, -0.2) is 0 Å². The summed E-state index contributed by atoms with van der Waals surface area (Å²) in [6, 6.07) is 7.59.